The molecular formula is C24H21NOS. The first-order valence-electron chi connectivity index (χ1n) is 8.98. The smallest absolute Gasteiger partial charge is 0.259 e. The summed E-state index contributed by atoms with van der Waals surface area (Å²) in [6.07, 6.45) is 2.07. The second-order valence-electron chi connectivity index (χ2n) is 6.72. The van der Waals surface area contributed by atoms with E-state index in [4.69, 9.17) is 0 Å². The molecule has 3 heteroatoms. The van der Waals surface area contributed by atoms with Crippen LogP contribution < -0.4 is 5.56 Å². The first kappa shape index (κ1) is 17.6. The first-order chi connectivity index (χ1) is 13.2. The van der Waals surface area contributed by atoms with Gasteiger partial charge in [0.05, 0.1) is 12.2 Å². The van der Waals surface area contributed by atoms with Crippen LogP contribution >= 0.6 is 11.8 Å². The highest BCUT2D eigenvalue weighted by atomic mass is 32.2. The Bertz CT molecular complexity index is 1140. The van der Waals surface area contributed by atoms with Crippen LogP contribution in [0.25, 0.3) is 22.0 Å². The number of hydrogen-bond acceptors (Lipinski definition) is 2. The molecule has 134 valence electrons. The number of aryl methyl sites for hydroxylation is 1. The van der Waals surface area contributed by atoms with Crippen LogP contribution in [0.4, 0.5) is 0 Å². The standard InChI is InChI=1S/C24H21NOS/c1-17-7-9-18(10-8-17)16-25-23(19-11-13-21(27-2)14-12-19)15-20-5-3-4-6-22(20)24(25)26/h3-15H,16H2,1-2H3. The first-order valence-corrected chi connectivity index (χ1v) is 10.2. The molecule has 0 N–H and O–H groups in total. The molecule has 0 saturated carbocycles. The Morgan fingerprint density at radius 3 is 2.30 bits per heavy atom. The van der Waals surface area contributed by atoms with Gasteiger partial charge in [0.25, 0.3) is 5.56 Å². The molecule has 1 heterocycles. The second kappa shape index (κ2) is 7.45. The van der Waals surface area contributed by atoms with Gasteiger partial charge in [-0.25, -0.2) is 0 Å². The molecule has 3 aromatic carbocycles. The SMILES string of the molecule is CSc1ccc(-c2cc3ccccc3c(=O)n2Cc2ccc(C)cc2)cc1. The number of rotatable bonds is 4. The normalized spacial score (nSPS) is 11.0. The lowest BCUT2D eigenvalue weighted by molar-refractivity contribution is 0.776. The van der Waals surface area contributed by atoms with Gasteiger partial charge in [-0.2, -0.15) is 0 Å². The van der Waals surface area contributed by atoms with Crippen molar-refractivity contribution in [2.24, 2.45) is 0 Å². The third kappa shape index (κ3) is 3.56. The molecule has 0 aliphatic rings. The van der Waals surface area contributed by atoms with Crippen LogP contribution in [0.3, 0.4) is 0 Å². The number of aromatic nitrogens is 1. The maximum atomic E-state index is 13.3. The quantitative estimate of drug-likeness (QED) is 0.426. The van der Waals surface area contributed by atoms with E-state index in [9.17, 15) is 4.79 Å². The number of thioether (sulfide) groups is 1. The summed E-state index contributed by atoms with van der Waals surface area (Å²) in [6, 6.07) is 26.7. The van der Waals surface area contributed by atoms with Crippen molar-refractivity contribution in [2.75, 3.05) is 6.26 Å². The largest absolute Gasteiger partial charge is 0.303 e. The molecule has 4 rings (SSSR count). The lowest BCUT2D eigenvalue weighted by Gasteiger charge is -2.15. The van der Waals surface area contributed by atoms with Crippen molar-refractivity contribution in [3.8, 4) is 11.3 Å². The summed E-state index contributed by atoms with van der Waals surface area (Å²) in [4.78, 5) is 14.5. The third-order valence-electron chi connectivity index (χ3n) is 4.87. The van der Waals surface area contributed by atoms with Crippen LogP contribution in [-0.4, -0.2) is 10.8 Å². The molecule has 0 saturated heterocycles. The summed E-state index contributed by atoms with van der Waals surface area (Å²) in [5, 5.41) is 1.74. The van der Waals surface area contributed by atoms with Crippen molar-refractivity contribution in [2.45, 2.75) is 18.4 Å². The monoisotopic (exact) mass is 371 g/mol. The fraction of sp³-hybridized carbons (Fsp3) is 0.125. The van der Waals surface area contributed by atoms with Crippen LogP contribution in [0.1, 0.15) is 11.1 Å². The summed E-state index contributed by atoms with van der Waals surface area (Å²) < 4.78 is 1.89. The van der Waals surface area contributed by atoms with Crippen LogP contribution in [-0.2, 0) is 6.54 Å². The van der Waals surface area contributed by atoms with Crippen molar-refractivity contribution >= 4 is 22.5 Å². The average Bonchev–Trinajstić information content (AvgIpc) is 2.71. The fourth-order valence-corrected chi connectivity index (χ4v) is 3.74. The Kier molecular flexibility index (Phi) is 4.87. The van der Waals surface area contributed by atoms with E-state index in [1.807, 2.05) is 28.8 Å². The summed E-state index contributed by atoms with van der Waals surface area (Å²) in [6.45, 7) is 2.63. The zero-order valence-corrected chi connectivity index (χ0v) is 16.3. The van der Waals surface area contributed by atoms with Gasteiger partial charge in [0.2, 0.25) is 0 Å². The van der Waals surface area contributed by atoms with Gasteiger partial charge >= 0.3 is 0 Å². The van der Waals surface area contributed by atoms with Crippen LogP contribution in [0.5, 0.6) is 0 Å². The van der Waals surface area contributed by atoms with Gasteiger partial charge in [-0.15, -0.1) is 11.8 Å². The van der Waals surface area contributed by atoms with Crippen LogP contribution in [0, 0.1) is 6.92 Å². The highest BCUT2D eigenvalue weighted by molar-refractivity contribution is 7.98. The molecule has 0 aliphatic heterocycles. The molecule has 0 atom stereocenters. The zero-order valence-electron chi connectivity index (χ0n) is 15.5. The maximum Gasteiger partial charge on any atom is 0.259 e. The Labute approximate surface area is 163 Å². The van der Waals surface area contributed by atoms with E-state index in [-0.39, 0.29) is 5.56 Å². The molecule has 0 bridgehead atoms. The van der Waals surface area contributed by atoms with E-state index in [0.29, 0.717) is 6.54 Å². The summed E-state index contributed by atoms with van der Waals surface area (Å²) >= 11 is 1.72. The minimum absolute atomic E-state index is 0.0534. The molecule has 0 amide bonds. The van der Waals surface area contributed by atoms with Crippen molar-refractivity contribution in [3.05, 3.63) is 100 Å². The number of hydrogen-bond donors (Lipinski definition) is 0. The van der Waals surface area contributed by atoms with Crippen molar-refractivity contribution in [1.29, 1.82) is 0 Å². The van der Waals surface area contributed by atoms with Gasteiger partial charge in [-0.05, 0) is 54.0 Å². The van der Waals surface area contributed by atoms with Crippen molar-refractivity contribution in [1.82, 2.24) is 4.57 Å². The van der Waals surface area contributed by atoms with Crippen LogP contribution in [0.15, 0.2) is 88.6 Å². The topological polar surface area (TPSA) is 22.0 Å². The van der Waals surface area contributed by atoms with Gasteiger partial charge in [0.15, 0.2) is 0 Å². The Hall–Kier alpha value is -2.78. The predicted octanol–water partition coefficient (Wildman–Crippen LogP) is 5.75. The van der Waals surface area contributed by atoms with Crippen molar-refractivity contribution < 1.29 is 0 Å². The number of benzene rings is 3. The predicted molar refractivity (Wildman–Crippen MR) is 116 cm³/mol. The molecule has 1 aromatic heterocycles. The lowest BCUT2D eigenvalue weighted by atomic mass is 10.1. The van der Waals surface area contributed by atoms with Gasteiger partial charge < -0.3 is 4.57 Å². The molecule has 0 aliphatic carbocycles. The summed E-state index contributed by atoms with van der Waals surface area (Å²) in [7, 11) is 0. The van der Waals surface area contributed by atoms with Crippen LogP contribution in [0.2, 0.25) is 0 Å². The third-order valence-corrected chi connectivity index (χ3v) is 5.61. The maximum absolute atomic E-state index is 13.3. The summed E-state index contributed by atoms with van der Waals surface area (Å²) in [5.41, 5.74) is 4.41. The lowest BCUT2D eigenvalue weighted by Crippen LogP contribution is -2.22. The Balaban J connectivity index is 1.91. The average molecular weight is 372 g/mol. The molecule has 27 heavy (non-hydrogen) atoms. The van der Waals surface area contributed by atoms with E-state index in [1.54, 1.807) is 11.8 Å². The molecule has 0 radical (unpaired) electrons. The zero-order chi connectivity index (χ0) is 18.8. The Morgan fingerprint density at radius 1 is 0.889 bits per heavy atom. The van der Waals surface area contributed by atoms with Gasteiger partial charge in [0, 0.05) is 10.3 Å². The Morgan fingerprint density at radius 2 is 1.59 bits per heavy atom. The van der Waals surface area contributed by atoms with Gasteiger partial charge in [-0.3, -0.25) is 4.79 Å². The highest BCUT2D eigenvalue weighted by Crippen LogP contribution is 2.25. The van der Waals surface area contributed by atoms with E-state index < -0.39 is 0 Å². The number of fused-ring (bicyclic) bond motifs is 1. The van der Waals surface area contributed by atoms with Gasteiger partial charge in [0.1, 0.15) is 0 Å². The fourth-order valence-electron chi connectivity index (χ4n) is 3.33. The molecule has 2 nitrogen and oxygen atoms in total. The molecule has 4 aromatic rings. The van der Waals surface area contributed by atoms with E-state index in [0.717, 1.165) is 27.6 Å². The highest BCUT2D eigenvalue weighted by Gasteiger charge is 2.11. The minimum Gasteiger partial charge on any atom is -0.303 e. The van der Waals surface area contributed by atoms with E-state index >= 15 is 0 Å². The molecular weight excluding hydrogens is 350 g/mol. The minimum atomic E-state index is 0.0534. The van der Waals surface area contributed by atoms with Crippen molar-refractivity contribution in [3.63, 3.8) is 0 Å². The van der Waals surface area contributed by atoms with Gasteiger partial charge in [-0.1, -0.05) is 60.2 Å². The van der Waals surface area contributed by atoms with E-state index in [1.165, 1.54) is 10.5 Å². The molecule has 0 unspecified atom stereocenters. The number of nitrogens with zero attached hydrogens (tertiary/aromatic N) is 1. The molecule has 0 spiro atoms. The van der Waals surface area contributed by atoms with E-state index in [2.05, 4.69) is 67.8 Å². The second-order valence-corrected chi connectivity index (χ2v) is 7.60. The number of pyridine rings is 1. The molecule has 0 fully saturated rings. The summed E-state index contributed by atoms with van der Waals surface area (Å²) in [5.74, 6) is 0.